The Labute approximate surface area is 153 Å². The van der Waals surface area contributed by atoms with E-state index in [1.807, 2.05) is 0 Å². The molecule has 0 aliphatic rings. The van der Waals surface area contributed by atoms with Gasteiger partial charge in [0.05, 0.1) is 0 Å². The third-order valence-corrected chi connectivity index (χ3v) is 19.9. The molecule has 138 valence electrons. The van der Waals surface area contributed by atoms with E-state index in [4.69, 9.17) is 14.5 Å². The number of aromatic nitrogens is 1. The molecule has 1 heterocycles. The van der Waals surface area contributed by atoms with Crippen molar-refractivity contribution in [1.82, 2.24) is 4.98 Å². The van der Waals surface area contributed by atoms with Crippen LogP contribution in [0.1, 0.15) is 65.0 Å². The fraction of sp³-hybridized carbons (Fsp3) is 0.750. The molecule has 0 aliphatic carbocycles. The first-order valence-electron chi connectivity index (χ1n) is 9.75. The van der Waals surface area contributed by atoms with Crippen molar-refractivity contribution in [3.05, 3.63) is 23.9 Å². The van der Waals surface area contributed by atoms with Crippen molar-refractivity contribution >= 4 is 22.1 Å². The first-order chi connectivity index (χ1) is 11.7. The molecule has 0 atom stereocenters. The summed E-state index contributed by atoms with van der Waals surface area (Å²) in [6, 6.07) is 6.62. The monoisotopic (exact) mass is 443 g/mol. The molecule has 0 saturated heterocycles. The molecule has 1 aromatic rings. The third-order valence-electron chi connectivity index (χ3n) is 4.83. The van der Waals surface area contributed by atoms with Gasteiger partial charge in [0.2, 0.25) is 0 Å². The van der Waals surface area contributed by atoms with E-state index in [-0.39, 0.29) is 0 Å². The van der Waals surface area contributed by atoms with Crippen molar-refractivity contribution in [2.24, 2.45) is 0 Å². The van der Waals surface area contributed by atoms with Crippen LogP contribution in [0.5, 0.6) is 0 Å². The molecule has 4 heteroatoms. The minimum atomic E-state index is -2.41. The van der Waals surface area contributed by atoms with Gasteiger partial charge in [-0.05, 0) is 0 Å². The van der Waals surface area contributed by atoms with Crippen LogP contribution in [-0.4, -0.2) is 37.3 Å². The number of ether oxygens (including phenoxy) is 2. The summed E-state index contributed by atoms with van der Waals surface area (Å²) in [5, 5.41) is 0. The van der Waals surface area contributed by atoms with Crippen LogP contribution in [-0.2, 0) is 16.1 Å². The second-order valence-electron chi connectivity index (χ2n) is 6.86. The summed E-state index contributed by atoms with van der Waals surface area (Å²) in [7, 11) is 1.66. The van der Waals surface area contributed by atoms with E-state index in [1.165, 1.54) is 55.5 Å². The van der Waals surface area contributed by atoms with Crippen LogP contribution in [0.2, 0.25) is 13.3 Å². The van der Waals surface area contributed by atoms with Gasteiger partial charge in [0, 0.05) is 0 Å². The Balaban J connectivity index is 3.02. The Morgan fingerprint density at radius 1 is 0.917 bits per heavy atom. The number of methoxy groups -OCH3 is 1. The van der Waals surface area contributed by atoms with Crippen LogP contribution in [0.4, 0.5) is 0 Å². The average Bonchev–Trinajstić information content (AvgIpc) is 2.62. The molecule has 0 unspecified atom stereocenters. The Bertz CT molecular complexity index is 418. The molecule has 0 N–H and O–H groups in total. The van der Waals surface area contributed by atoms with Crippen LogP contribution < -0.4 is 3.71 Å². The quantitative estimate of drug-likeness (QED) is 0.224. The van der Waals surface area contributed by atoms with E-state index < -0.39 is 18.4 Å². The van der Waals surface area contributed by atoms with Crippen LogP contribution >= 0.6 is 0 Å². The molecule has 0 amide bonds. The van der Waals surface area contributed by atoms with Gasteiger partial charge < -0.3 is 0 Å². The Morgan fingerprint density at radius 3 is 2.00 bits per heavy atom. The third kappa shape index (κ3) is 7.40. The second kappa shape index (κ2) is 13.1. The number of nitrogens with zero attached hydrogens (tertiary/aromatic N) is 1. The molecule has 3 nitrogen and oxygen atoms in total. The normalized spacial score (nSPS) is 11.8. The number of unbranched alkanes of at least 4 members (excludes halogenated alkanes) is 3. The minimum absolute atomic E-state index is 0.335. The van der Waals surface area contributed by atoms with Gasteiger partial charge in [0.15, 0.2) is 0 Å². The summed E-state index contributed by atoms with van der Waals surface area (Å²) in [6.45, 7) is 7.84. The summed E-state index contributed by atoms with van der Waals surface area (Å²) in [4.78, 5) is 5.09. The standard InChI is InChI=1S/C8H10NO2.3C4H9.Sn/c1-10-7-11-6-8-4-2-3-5-9-8;3*1-3-4-2;/h2-4H,6-7H2,1H3;3*1,3-4H2,2H3;. The van der Waals surface area contributed by atoms with Crippen molar-refractivity contribution in [3.8, 4) is 0 Å². The van der Waals surface area contributed by atoms with E-state index in [1.54, 1.807) is 7.11 Å². The molecule has 24 heavy (non-hydrogen) atoms. The van der Waals surface area contributed by atoms with Crippen LogP contribution in [0.3, 0.4) is 0 Å². The van der Waals surface area contributed by atoms with Gasteiger partial charge in [-0.3, -0.25) is 0 Å². The first-order valence-corrected chi connectivity index (χ1v) is 17.2. The number of hydrogen-bond acceptors (Lipinski definition) is 3. The van der Waals surface area contributed by atoms with Gasteiger partial charge in [-0.1, -0.05) is 0 Å². The van der Waals surface area contributed by atoms with Gasteiger partial charge in [0.1, 0.15) is 0 Å². The predicted molar refractivity (Wildman–Crippen MR) is 105 cm³/mol. The van der Waals surface area contributed by atoms with Crippen molar-refractivity contribution in [3.63, 3.8) is 0 Å². The summed E-state index contributed by atoms with van der Waals surface area (Å²) in [5.41, 5.74) is 1.06. The number of rotatable bonds is 14. The number of hydrogen-bond donors (Lipinski definition) is 0. The topological polar surface area (TPSA) is 31.4 Å². The Kier molecular flexibility index (Phi) is 12.0. The van der Waals surface area contributed by atoms with E-state index in [0.29, 0.717) is 13.4 Å². The molecule has 0 aromatic carbocycles. The molecular weight excluding hydrogens is 405 g/mol. The van der Waals surface area contributed by atoms with Crippen molar-refractivity contribution in [2.45, 2.75) is 79.2 Å². The fourth-order valence-electron chi connectivity index (χ4n) is 3.39. The predicted octanol–water partition coefficient (Wildman–Crippen LogP) is 5.26. The summed E-state index contributed by atoms with van der Waals surface area (Å²) < 4.78 is 16.4. The summed E-state index contributed by atoms with van der Waals surface area (Å²) >= 11 is -2.41. The molecule has 0 aliphatic heterocycles. The van der Waals surface area contributed by atoms with Crippen molar-refractivity contribution < 1.29 is 9.47 Å². The molecule has 0 fully saturated rings. The molecule has 1 aromatic heterocycles. The zero-order valence-electron chi connectivity index (χ0n) is 16.3. The SMILES string of the molecule is CCC[CH2][Sn]([CH2]CCC)([CH2]CCC)[c]1cccc(COCOC)n1. The van der Waals surface area contributed by atoms with Gasteiger partial charge in [-0.25, -0.2) is 0 Å². The first kappa shape index (κ1) is 21.9. The maximum absolute atomic E-state index is 5.52. The van der Waals surface area contributed by atoms with Crippen molar-refractivity contribution in [1.29, 1.82) is 0 Å². The molecular formula is C20H37NO2Sn. The molecule has 0 radical (unpaired) electrons. The van der Waals surface area contributed by atoms with E-state index >= 15 is 0 Å². The maximum atomic E-state index is 5.52. The number of pyridine rings is 1. The van der Waals surface area contributed by atoms with Gasteiger partial charge >= 0.3 is 154 Å². The van der Waals surface area contributed by atoms with Gasteiger partial charge in [0.25, 0.3) is 0 Å². The summed E-state index contributed by atoms with van der Waals surface area (Å²) in [5.74, 6) is 0. The van der Waals surface area contributed by atoms with Gasteiger partial charge in [-0.2, -0.15) is 0 Å². The van der Waals surface area contributed by atoms with Crippen LogP contribution in [0.15, 0.2) is 18.2 Å². The zero-order chi connectivity index (χ0) is 17.7. The average molecular weight is 442 g/mol. The van der Waals surface area contributed by atoms with Crippen LogP contribution in [0.25, 0.3) is 0 Å². The molecule has 0 saturated carbocycles. The fourth-order valence-corrected chi connectivity index (χ4v) is 18.9. The van der Waals surface area contributed by atoms with E-state index in [0.717, 1.165) is 5.69 Å². The van der Waals surface area contributed by atoms with Crippen LogP contribution in [0, 0.1) is 0 Å². The van der Waals surface area contributed by atoms with Gasteiger partial charge in [-0.15, -0.1) is 0 Å². The van der Waals surface area contributed by atoms with E-state index in [9.17, 15) is 0 Å². The Morgan fingerprint density at radius 2 is 1.50 bits per heavy atom. The molecule has 0 spiro atoms. The molecule has 0 bridgehead atoms. The zero-order valence-corrected chi connectivity index (χ0v) is 19.1. The summed E-state index contributed by atoms with van der Waals surface area (Å²) in [6.07, 6.45) is 8.01. The molecule has 1 rings (SSSR count). The Hall–Kier alpha value is -0.131. The van der Waals surface area contributed by atoms with Crippen molar-refractivity contribution in [2.75, 3.05) is 13.9 Å². The second-order valence-corrected chi connectivity index (χ2v) is 19.9. The van der Waals surface area contributed by atoms with E-state index in [2.05, 4.69) is 39.0 Å².